The van der Waals surface area contributed by atoms with Crippen molar-refractivity contribution < 1.29 is 18.9 Å². The Kier molecular flexibility index (Phi) is 1.54. The summed E-state index contributed by atoms with van der Waals surface area (Å²) in [5, 5.41) is 0. The van der Waals surface area contributed by atoms with Gasteiger partial charge in [-0.3, -0.25) is 0 Å². The second kappa shape index (κ2) is 2.45. The highest BCUT2D eigenvalue weighted by Crippen LogP contribution is 2.38. The molecule has 0 N–H and O–H groups in total. The molecule has 0 aromatic heterocycles. The van der Waals surface area contributed by atoms with Crippen LogP contribution < -0.4 is 0 Å². The molecule has 3 saturated heterocycles. The zero-order valence-corrected chi connectivity index (χ0v) is 7.86. The van der Waals surface area contributed by atoms with Gasteiger partial charge in [0.15, 0.2) is 5.79 Å². The third kappa shape index (κ3) is 1.29. The molecule has 13 heavy (non-hydrogen) atoms. The molecular formula is C9H14O4. The van der Waals surface area contributed by atoms with Crippen molar-refractivity contribution >= 4 is 0 Å². The summed E-state index contributed by atoms with van der Waals surface area (Å²) in [5.74, 6) is -0.452. The molecule has 3 heterocycles. The van der Waals surface area contributed by atoms with E-state index >= 15 is 0 Å². The van der Waals surface area contributed by atoms with Crippen molar-refractivity contribution in [3.8, 4) is 0 Å². The highest BCUT2D eigenvalue weighted by atomic mass is 16.8. The van der Waals surface area contributed by atoms with E-state index in [0.29, 0.717) is 6.61 Å². The van der Waals surface area contributed by atoms with Crippen molar-refractivity contribution in [1.82, 2.24) is 0 Å². The van der Waals surface area contributed by atoms with Gasteiger partial charge in [-0.25, -0.2) is 0 Å². The van der Waals surface area contributed by atoms with Crippen LogP contribution in [0.15, 0.2) is 0 Å². The molecule has 74 valence electrons. The molecule has 0 saturated carbocycles. The molecule has 0 aromatic rings. The first-order chi connectivity index (χ1) is 6.16. The first-order valence-electron chi connectivity index (χ1n) is 4.74. The number of ether oxygens (including phenoxy) is 4. The molecule has 0 radical (unpaired) electrons. The van der Waals surface area contributed by atoms with Gasteiger partial charge in [-0.15, -0.1) is 0 Å². The van der Waals surface area contributed by atoms with Crippen LogP contribution in [0.3, 0.4) is 0 Å². The SMILES string of the molecule is CC1(C)O[C@H]2[C@@H]([C@H]3CO3)OC[C@H]2O1. The Morgan fingerprint density at radius 1 is 0.923 bits per heavy atom. The zero-order valence-electron chi connectivity index (χ0n) is 7.86. The summed E-state index contributed by atoms with van der Waals surface area (Å²) in [6, 6.07) is 0. The molecule has 0 aromatic carbocycles. The van der Waals surface area contributed by atoms with Crippen molar-refractivity contribution in [3.05, 3.63) is 0 Å². The van der Waals surface area contributed by atoms with Gasteiger partial charge in [0.1, 0.15) is 24.4 Å². The summed E-state index contributed by atoms with van der Waals surface area (Å²) < 4.78 is 22.2. The Balaban J connectivity index is 1.76. The van der Waals surface area contributed by atoms with Gasteiger partial charge in [-0.05, 0) is 13.8 Å². The summed E-state index contributed by atoms with van der Waals surface area (Å²) in [5.41, 5.74) is 0. The molecule has 0 bridgehead atoms. The van der Waals surface area contributed by atoms with Crippen LogP contribution in [0.1, 0.15) is 13.8 Å². The van der Waals surface area contributed by atoms with E-state index in [1.807, 2.05) is 13.8 Å². The van der Waals surface area contributed by atoms with E-state index in [4.69, 9.17) is 18.9 Å². The molecule has 3 aliphatic rings. The maximum absolute atomic E-state index is 5.76. The van der Waals surface area contributed by atoms with Crippen LogP contribution in [0, 0.1) is 0 Å². The summed E-state index contributed by atoms with van der Waals surface area (Å²) in [7, 11) is 0. The lowest BCUT2D eigenvalue weighted by Gasteiger charge is -2.20. The third-order valence-electron chi connectivity index (χ3n) is 2.72. The van der Waals surface area contributed by atoms with E-state index in [2.05, 4.69) is 0 Å². The molecule has 0 amide bonds. The highest BCUT2D eigenvalue weighted by molar-refractivity contribution is 4.98. The maximum atomic E-state index is 5.76. The molecule has 3 aliphatic heterocycles. The van der Waals surface area contributed by atoms with Crippen molar-refractivity contribution in [2.45, 2.75) is 44.1 Å². The number of fused-ring (bicyclic) bond motifs is 1. The van der Waals surface area contributed by atoms with Gasteiger partial charge < -0.3 is 18.9 Å². The number of hydrogen-bond donors (Lipinski definition) is 0. The topological polar surface area (TPSA) is 40.2 Å². The van der Waals surface area contributed by atoms with Crippen molar-refractivity contribution in [2.24, 2.45) is 0 Å². The molecular weight excluding hydrogens is 172 g/mol. The number of rotatable bonds is 1. The predicted octanol–water partition coefficient (Wildman–Crippen LogP) is 0.304. The molecule has 0 unspecified atom stereocenters. The van der Waals surface area contributed by atoms with Crippen LogP contribution >= 0.6 is 0 Å². The Morgan fingerprint density at radius 2 is 1.69 bits per heavy atom. The Labute approximate surface area is 77.1 Å². The molecule has 3 rings (SSSR count). The van der Waals surface area contributed by atoms with Gasteiger partial charge >= 0.3 is 0 Å². The van der Waals surface area contributed by atoms with Crippen LogP contribution in [-0.4, -0.2) is 43.4 Å². The third-order valence-corrected chi connectivity index (χ3v) is 2.72. The van der Waals surface area contributed by atoms with E-state index in [1.54, 1.807) is 0 Å². The Bertz CT molecular complexity index is 224. The quantitative estimate of drug-likeness (QED) is 0.552. The minimum atomic E-state index is -0.452. The molecule has 3 fully saturated rings. The summed E-state index contributed by atoms with van der Waals surface area (Å²) in [6.45, 7) is 5.32. The summed E-state index contributed by atoms with van der Waals surface area (Å²) in [6.07, 6.45) is 0.506. The maximum Gasteiger partial charge on any atom is 0.164 e. The minimum absolute atomic E-state index is 0.0718. The van der Waals surface area contributed by atoms with Gasteiger partial charge in [0.05, 0.1) is 13.2 Å². The summed E-state index contributed by atoms with van der Waals surface area (Å²) in [4.78, 5) is 0. The fraction of sp³-hybridized carbons (Fsp3) is 1.00. The molecule has 0 spiro atoms. The Morgan fingerprint density at radius 3 is 2.38 bits per heavy atom. The average Bonchev–Trinajstić information content (AvgIpc) is 2.72. The highest BCUT2D eigenvalue weighted by Gasteiger charge is 2.55. The Hall–Kier alpha value is -0.160. The first-order valence-corrected chi connectivity index (χ1v) is 4.74. The average molecular weight is 186 g/mol. The van der Waals surface area contributed by atoms with Crippen LogP contribution in [0.4, 0.5) is 0 Å². The van der Waals surface area contributed by atoms with E-state index in [0.717, 1.165) is 6.61 Å². The second-order valence-electron chi connectivity index (χ2n) is 4.31. The number of hydrogen-bond acceptors (Lipinski definition) is 4. The predicted molar refractivity (Wildman–Crippen MR) is 43.3 cm³/mol. The summed E-state index contributed by atoms with van der Waals surface area (Å²) >= 11 is 0. The van der Waals surface area contributed by atoms with Crippen molar-refractivity contribution in [3.63, 3.8) is 0 Å². The van der Waals surface area contributed by atoms with Crippen molar-refractivity contribution in [2.75, 3.05) is 13.2 Å². The zero-order chi connectivity index (χ0) is 9.05. The lowest BCUT2D eigenvalue weighted by atomic mass is 10.1. The molecule has 4 heteroatoms. The van der Waals surface area contributed by atoms with Crippen LogP contribution in [0.25, 0.3) is 0 Å². The molecule has 4 nitrogen and oxygen atoms in total. The molecule has 0 aliphatic carbocycles. The first kappa shape index (κ1) is 8.17. The van der Waals surface area contributed by atoms with E-state index in [-0.39, 0.29) is 24.4 Å². The van der Waals surface area contributed by atoms with Crippen molar-refractivity contribution in [1.29, 1.82) is 0 Å². The monoisotopic (exact) mass is 186 g/mol. The van der Waals surface area contributed by atoms with Crippen LogP contribution in [0.2, 0.25) is 0 Å². The lowest BCUT2D eigenvalue weighted by Crippen LogP contribution is -2.33. The lowest BCUT2D eigenvalue weighted by molar-refractivity contribution is -0.176. The van der Waals surface area contributed by atoms with Gasteiger partial charge in [-0.1, -0.05) is 0 Å². The second-order valence-corrected chi connectivity index (χ2v) is 4.31. The fourth-order valence-corrected chi connectivity index (χ4v) is 2.14. The fourth-order valence-electron chi connectivity index (χ4n) is 2.14. The van der Waals surface area contributed by atoms with Crippen LogP contribution in [0.5, 0.6) is 0 Å². The van der Waals surface area contributed by atoms with Gasteiger partial charge in [-0.2, -0.15) is 0 Å². The standard InChI is InChI=1S/C9H14O4/c1-9(2)12-6-4-11-7(5-3-10-5)8(6)13-9/h5-8H,3-4H2,1-2H3/t5-,6-,7-,8-/m1/s1. The van der Waals surface area contributed by atoms with E-state index in [9.17, 15) is 0 Å². The van der Waals surface area contributed by atoms with Crippen LogP contribution in [-0.2, 0) is 18.9 Å². The molecule has 4 atom stereocenters. The largest absolute Gasteiger partial charge is 0.370 e. The normalized spacial score (nSPS) is 52.2. The van der Waals surface area contributed by atoms with E-state index < -0.39 is 5.79 Å². The van der Waals surface area contributed by atoms with Gasteiger partial charge in [0.2, 0.25) is 0 Å². The van der Waals surface area contributed by atoms with Gasteiger partial charge in [0, 0.05) is 0 Å². The number of epoxide rings is 1. The smallest absolute Gasteiger partial charge is 0.164 e. The minimum Gasteiger partial charge on any atom is -0.370 e. The van der Waals surface area contributed by atoms with E-state index in [1.165, 1.54) is 0 Å². The van der Waals surface area contributed by atoms with Gasteiger partial charge in [0.25, 0.3) is 0 Å².